The fraction of sp³-hybridized carbons (Fsp3) is 0.500. The molecule has 1 aromatic rings. The predicted molar refractivity (Wildman–Crippen MR) is 80.3 cm³/mol. The van der Waals surface area contributed by atoms with Gasteiger partial charge in [-0.1, -0.05) is 15.9 Å². The maximum Gasteiger partial charge on any atom is 0.260 e. The van der Waals surface area contributed by atoms with Gasteiger partial charge in [0.15, 0.2) is 6.61 Å². The maximum absolute atomic E-state index is 11.6. The number of carbonyl (C=O) groups is 1. The number of hydrogen-bond acceptors (Lipinski definition) is 3. The van der Waals surface area contributed by atoms with E-state index in [0.29, 0.717) is 12.3 Å². The summed E-state index contributed by atoms with van der Waals surface area (Å²) in [5, 5.41) is 0. The fourth-order valence-corrected chi connectivity index (χ4v) is 1.98. The number of nitrogens with zero attached hydrogens (tertiary/aromatic N) is 1. The highest BCUT2D eigenvalue weighted by Crippen LogP contribution is 2.23. The van der Waals surface area contributed by atoms with Crippen LogP contribution in [-0.2, 0) is 11.2 Å². The van der Waals surface area contributed by atoms with Gasteiger partial charge in [0, 0.05) is 24.1 Å². The van der Waals surface area contributed by atoms with Gasteiger partial charge in [-0.3, -0.25) is 4.79 Å². The molecule has 0 heterocycles. The van der Waals surface area contributed by atoms with Crippen LogP contribution >= 0.6 is 15.9 Å². The van der Waals surface area contributed by atoms with E-state index in [9.17, 15) is 4.79 Å². The van der Waals surface area contributed by atoms with Crippen molar-refractivity contribution < 1.29 is 9.53 Å². The van der Waals surface area contributed by atoms with E-state index in [1.807, 2.05) is 32.0 Å². The number of nitrogens with two attached hydrogens (primary N) is 1. The van der Waals surface area contributed by atoms with Crippen molar-refractivity contribution >= 4 is 21.8 Å². The highest BCUT2D eigenvalue weighted by molar-refractivity contribution is 9.10. The number of halogens is 1. The van der Waals surface area contributed by atoms with Gasteiger partial charge in [0.05, 0.1) is 0 Å². The molecule has 0 saturated heterocycles. The zero-order chi connectivity index (χ0) is 14.4. The molecule has 1 unspecified atom stereocenters. The zero-order valence-electron chi connectivity index (χ0n) is 11.6. The molecule has 1 rings (SSSR count). The van der Waals surface area contributed by atoms with Crippen LogP contribution in [0.5, 0.6) is 5.75 Å². The summed E-state index contributed by atoms with van der Waals surface area (Å²) < 4.78 is 6.52. The van der Waals surface area contributed by atoms with Crippen molar-refractivity contribution in [2.45, 2.75) is 26.3 Å². The zero-order valence-corrected chi connectivity index (χ0v) is 13.2. The summed E-state index contributed by atoms with van der Waals surface area (Å²) >= 11 is 3.49. The molecule has 0 aliphatic heterocycles. The topological polar surface area (TPSA) is 55.6 Å². The minimum atomic E-state index is -0.0286. The molecular formula is C14H21BrN2O2. The average molecular weight is 329 g/mol. The van der Waals surface area contributed by atoms with Gasteiger partial charge >= 0.3 is 0 Å². The van der Waals surface area contributed by atoms with E-state index in [2.05, 4.69) is 15.9 Å². The monoisotopic (exact) mass is 328 g/mol. The molecule has 0 aliphatic carbocycles. The van der Waals surface area contributed by atoms with Crippen molar-refractivity contribution in [1.29, 1.82) is 0 Å². The van der Waals surface area contributed by atoms with Crippen LogP contribution in [-0.4, -0.2) is 37.0 Å². The molecule has 1 atom stereocenters. The Kier molecular flexibility index (Phi) is 6.31. The van der Waals surface area contributed by atoms with Crippen molar-refractivity contribution in [3.63, 3.8) is 0 Å². The van der Waals surface area contributed by atoms with Gasteiger partial charge in [0.25, 0.3) is 5.91 Å². The van der Waals surface area contributed by atoms with Crippen LogP contribution in [0.15, 0.2) is 22.7 Å². The first-order valence-corrected chi connectivity index (χ1v) is 7.14. The molecule has 0 saturated carbocycles. The van der Waals surface area contributed by atoms with Crippen molar-refractivity contribution in [1.82, 2.24) is 4.90 Å². The summed E-state index contributed by atoms with van der Waals surface area (Å²) in [6.45, 7) is 4.63. The van der Waals surface area contributed by atoms with Gasteiger partial charge in [-0.25, -0.2) is 0 Å². The minimum absolute atomic E-state index is 0.0286. The number of benzene rings is 1. The molecule has 1 amide bonds. The second-order valence-electron chi connectivity index (χ2n) is 4.63. The lowest BCUT2D eigenvalue weighted by Crippen LogP contribution is -2.31. The summed E-state index contributed by atoms with van der Waals surface area (Å²) in [7, 11) is 1.76. The van der Waals surface area contributed by atoms with E-state index >= 15 is 0 Å². The SMILES string of the molecule is CCN(C)C(=O)COc1ccc(Br)c(CC(C)N)c1. The Balaban J connectivity index is 2.67. The largest absolute Gasteiger partial charge is 0.484 e. The summed E-state index contributed by atoms with van der Waals surface area (Å²) in [6, 6.07) is 5.77. The van der Waals surface area contributed by atoms with E-state index in [1.165, 1.54) is 0 Å². The van der Waals surface area contributed by atoms with Crippen LogP contribution in [0.3, 0.4) is 0 Å². The molecule has 4 nitrogen and oxygen atoms in total. The lowest BCUT2D eigenvalue weighted by Gasteiger charge is -2.15. The third-order valence-electron chi connectivity index (χ3n) is 2.82. The first kappa shape index (κ1) is 16.0. The van der Waals surface area contributed by atoms with Crippen LogP contribution < -0.4 is 10.5 Å². The smallest absolute Gasteiger partial charge is 0.260 e. The summed E-state index contributed by atoms with van der Waals surface area (Å²) in [6.07, 6.45) is 0.764. The number of carbonyl (C=O) groups excluding carboxylic acids is 1. The predicted octanol–water partition coefficient (Wildman–Crippen LogP) is 2.20. The molecule has 0 spiro atoms. The Hall–Kier alpha value is -1.07. The highest BCUT2D eigenvalue weighted by atomic mass is 79.9. The van der Waals surface area contributed by atoms with Gasteiger partial charge in [-0.05, 0) is 44.0 Å². The number of hydrogen-bond donors (Lipinski definition) is 1. The number of amides is 1. The quantitative estimate of drug-likeness (QED) is 0.870. The van der Waals surface area contributed by atoms with E-state index < -0.39 is 0 Å². The molecule has 0 aliphatic rings. The lowest BCUT2D eigenvalue weighted by atomic mass is 10.1. The molecule has 1 aromatic carbocycles. The lowest BCUT2D eigenvalue weighted by molar-refractivity contribution is -0.131. The van der Waals surface area contributed by atoms with Crippen molar-refractivity contribution in [2.75, 3.05) is 20.2 Å². The standard InChI is InChI=1S/C14H21BrN2O2/c1-4-17(3)14(18)9-19-12-5-6-13(15)11(8-12)7-10(2)16/h5-6,8,10H,4,7,9,16H2,1-3H3. The summed E-state index contributed by atoms with van der Waals surface area (Å²) in [4.78, 5) is 13.3. The molecular weight excluding hydrogens is 308 g/mol. The van der Waals surface area contributed by atoms with Crippen molar-refractivity contribution in [3.8, 4) is 5.75 Å². The van der Waals surface area contributed by atoms with E-state index in [4.69, 9.17) is 10.5 Å². The second kappa shape index (κ2) is 7.50. The van der Waals surface area contributed by atoms with Gasteiger partial charge < -0.3 is 15.4 Å². The molecule has 0 fully saturated rings. The van der Waals surface area contributed by atoms with Gasteiger partial charge in [-0.2, -0.15) is 0 Å². The number of rotatable bonds is 6. The minimum Gasteiger partial charge on any atom is -0.484 e. The summed E-state index contributed by atoms with van der Waals surface area (Å²) in [5.41, 5.74) is 6.89. The van der Waals surface area contributed by atoms with Gasteiger partial charge in [-0.15, -0.1) is 0 Å². The molecule has 0 radical (unpaired) electrons. The molecule has 5 heteroatoms. The molecule has 106 valence electrons. The van der Waals surface area contributed by atoms with Crippen molar-refractivity contribution in [2.24, 2.45) is 5.73 Å². The Bertz CT molecular complexity index is 435. The van der Waals surface area contributed by atoms with Crippen LogP contribution in [0.4, 0.5) is 0 Å². The van der Waals surface area contributed by atoms with E-state index in [1.54, 1.807) is 11.9 Å². The summed E-state index contributed by atoms with van der Waals surface area (Å²) in [5.74, 6) is 0.663. The Labute approximate surface area is 123 Å². The van der Waals surface area contributed by atoms with Gasteiger partial charge in [0.1, 0.15) is 5.75 Å². The maximum atomic E-state index is 11.6. The van der Waals surface area contributed by atoms with Crippen LogP contribution in [0.25, 0.3) is 0 Å². The van der Waals surface area contributed by atoms with Crippen LogP contribution in [0.1, 0.15) is 19.4 Å². The third kappa shape index (κ3) is 5.20. The first-order chi connectivity index (χ1) is 8.93. The number of ether oxygens (including phenoxy) is 1. The number of likely N-dealkylation sites (N-methyl/N-ethyl adjacent to an activating group) is 1. The van der Waals surface area contributed by atoms with E-state index in [0.717, 1.165) is 16.5 Å². The average Bonchev–Trinajstić information content (AvgIpc) is 2.37. The molecule has 0 bridgehead atoms. The molecule has 19 heavy (non-hydrogen) atoms. The second-order valence-corrected chi connectivity index (χ2v) is 5.49. The van der Waals surface area contributed by atoms with E-state index in [-0.39, 0.29) is 18.6 Å². The fourth-order valence-electron chi connectivity index (χ4n) is 1.58. The molecule has 2 N–H and O–H groups in total. The van der Waals surface area contributed by atoms with Crippen LogP contribution in [0.2, 0.25) is 0 Å². The Morgan fingerprint density at radius 1 is 1.53 bits per heavy atom. The Morgan fingerprint density at radius 2 is 2.21 bits per heavy atom. The third-order valence-corrected chi connectivity index (χ3v) is 3.60. The highest BCUT2D eigenvalue weighted by Gasteiger charge is 2.09. The Morgan fingerprint density at radius 3 is 2.79 bits per heavy atom. The molecule has 0 aromatic heterocycles. The van der Waals surface area contributed by atoms with Gasteiger partial charge in [0.2, 0.25) is 0 Å². The van der Waals surface area contributed by atoms with Crippen molar-refractivity contribution in [3.05, 3.63) is 28.2 Å². The first-order valence-electron chi connectivity index (χ1n) is 6.34. The van der Waals surface area contributed by atoms with Crippen LogP contribution in [0, 0.1) is 0 Å². The normalized spacial score (nSPS) is 12.1.